The van der Waals surface area contributed by atoms with E-state index in [1.807, 2.05) is 0 Å². The summed E-state index contributed by atoms with van der Waals surface area (Å²) in [6, 6.07) is 0. The minimum Gasteiger partial charge on any atom is -0.479 e. The Morgan fingerprint density at radius 3 is 2.08 bits per heavy atom. The van der Waals surface area contributed by atoms with Crippen LogP contribution in [-0.2, 0) is 9.53 Å². The first-order chi connectivity index (χ1) is 5.95. The van der Waals surface area contributed by atoms with Crippen molar-refractivity contribution in [2.45, 2.75) is 30.7 Å². The van der Waals surface area contributed by atoms with Crippen LogP contribution in [0.4, 0.5) is 0 Å². The summed E-state index contributed by atoms with van der Waals surface area (Å²) in [6.07, 6.45) is -8.36. The summed E-state index contributed by atoms with van der Waals surface area (Å²) >= 11 is 0. The van der Waals surface area contributed by atoms with Gasteiger partial charge in [-0.2, -0.15) is 0 Å². The van der Waals surface area contributed by atoms with Gasteiger partial charge in [-0.15, -0.1) is 0 Å². The third-order valence-corrected chi connectivity index (χ3v) is 1.84. The van der Waals surface area contributed by atoms with Crippen LogP contribution >= 0.6 is 0 Å². The van der Waals surface area contributed by atoms with E-state index in [-0.39, 0.29) is 0 Å². The molecule has 7 nitrogen and oxygen atoms in total. The van der Waals surface area contributed by atoms with Gasteiger partial charge in [0, 0.05) is 0 Å². The summed E-state index contributed by atoms with van der Waals surface area (Å²) < 4.78 is 4.43. The van der Waals surface area contributed by atoms with E-state index in [0.717, 1.165) is 0 Å². The van der Waals surface area contributed by atoms with Gasteiger partial charge in [-0.1, -0.05) is 0 Å². The Morgan fingerprint density at radius 2 is 1.77 bits per heavy atom. The molecule has 13 heavy (non-hydrogen) atoms. The fourth-order valence-electron chi connectivity index (χ4n) is 1.09. The molecule has 0 amide bonds. The monoisotopic (exact) mass is 194 g/mol. The average molecular weight is 194 g/mol. The number of aliphatic carboxylic acids is 1. The number of aliphatic hydroxyl groups excluding tert-OH is 4. The van der Waals surface area contributed by atoms with E-state index in [9.17, 15) is 4.79 Å². The van der Waals surface area contributed by atoms with E-state index < -0.39 is 36.7 Å². The van der Waals surface area contributed by atoms with E-state index >= 15 is 0 Å². The molecular weight excluding hydrogens is 184 g/mol. The van der Waals surface area contributed by atoms with Crippen molar-refractivity contribution in [2.24, 2.45) is 0 Å². The molecule has 0 aromatic carbocycles. The van der Waals surface area contributed by atoms with Gasteiger partial charge < -0.3 is 30.3 Å². The van der Waals surface area contributed by atoms with E-state index in [0.29, 0.717) is 0 Å². The summed E-state index contributed by atoms with van der Waals surface area (Å²) in [5, 5.41) is 44.1. The third kappa shape index (κ3) is 1.79. The van der Waals surface area contributed by atoms with E-state index in [2.05, 4.69) is 4.74 Å². The molecule has 0 spiro atoms. The number of rotatable bonds is 2. The molecule has 0 aromatic rings. The molecule has 1 saturated heterocycles. The van der Waals surface area contributed by atoms with Crippen molar-refractivity contribution in [2.75, 3.05) is 0 Å². The Morgan fingerprint density at radius 1 is 1.23 bits per heavy atom. The SMILES string of the molecule is O=C(O)[C@@H](O)[C@H]1O[C@H](O)[C@@H](O)[C@H]1O. The van der Waals surface area contributed by atoms with Crippen LogP contribution in [-0.4, -0.2) is 62.2 Å². The molecule has 1 heterocycles. The lowest BCUT2D eigenvalue weighted by atomic mass is 10.1. The standard InChI is InChI=1S/C6H10O7/c7-1-2(8)6(12)13-4(1)3(9)5(10)11/h1-4,6-9,12H,(H,10,11)/t1-,2+,3+,4+,6+/m1/s1. The van der Waals surface area contributed by atoms with Gasteiger partial charge in [0.15, 0.2) is 12.4 Å². The van der Waals surface area contributed by atoms with Crippen LogP contribution in [0.15, 0.2) is 0 Å². The van der Waals surface area contributed by atoms with Crippen molar-refractivity contribution in [1.29, 1.82) is 0 Å². The van der Waals surface area contributed by atoms with Crippen molar-refractivity contribution in [3.8, 4) is 0 Å². The van der Waals surface area contributed by atoms with Gasteiger partial charge in [-0.05, 0) is 0 Å². The molecule has 7 heteroatoms. The van der Waals surface area contributed by atoms with E-state index in [1.165, 1.54) is 0 Å². The summed E-state index contributed by atoms with van der Waals surface area (Å²) in [7, 11) is 0. The first-order valence-electron chi connectivity index (χ1n) is 3.55. The second-order valence-electron chi connectivity index (χ2n) is 2.76. The van der Waals surface area contributed by atoms with Gasteiger partial charge in [-0.3, -0.25) is 0 Å². The predicted molar refractivity (Wildman–Crippen MR) is 36.5 cm³/mol. The van der Waals surface area contributed by atoms with Gasteiger partial charge in [0.1, 0.15) is 18.3 Å². The zero-order valence-electron chi connectivity index (χ0n) is 6.44. The molecule has 1 fully saturated rings. The Labute approximate surface area is 72.8 Å². The molecule has 0 saturated carbocycles. The molecule has 1 rings (SSSR count). The number of hydrogen-bond acceptors (Lipinski definition) is 6. The number of aliphatic hydroxyl groups is 4. The van der Waals surface area contributed by atoms with Crippen molar-refractivity contribution >= 4 is 5.97 Å². The molecule has 1 aliphatic heterocycles. The quantitative estimate of drug-likeness (QED) is 0.314. The minimum atomic E-state index is -1.97. The van der Waals surface area contributed by atoms with Crippen LogP contribution in [0, 0.1) is 0 Å². The van der Waals surface area contributed by atoms with Crippen LogP contribution in [0.25, 0.3) is 0 Å². The molecule has 0 radical (unpaired) electrons. The Hall–Kier alpha value is -0.730. The highest BCUT2D eigenvalue weighted by molar-refractivity contribution is 5.72. The molecular formula is C6H10O7. The lowest BCUT2D eigenvalue weighted by Crippen LogP contribution is -2.42. The maximum atomic E-state index is 10.2. The van der Waals surface area contributed by atoms with Crippen LogP contribution < -0.4 is 0 Å². The normalized spacial score (nSPS) is 41.8. The summed E-state index contributed by atoms with van der Waals surface area (Å²) in [5.74, 6) is -1.59. The van der Waals surface area contributed by atoms with E-state index in [4.69, 9.17) is 25.5 Å². The molecule has 0 bridgehead atoms. The Kier molecular flexibility index (Phi) is 2.84. The number of carboxylic acid groups (broad SMARTS) is 1. The van der Waals surface area contributed by atoms with Crippen LogP contribution in [0.2, 0.25) is 0 Å². The van der Waals surface area contributed by atoms with Crippen molar-refractivity contribution < 1.29 is 35.1 Å². The first kappa shape index (κ1) is 10.4. The first-order valence-corrected chi connectivity index (χ1v) is 3.55. The molecule has 5 N–H and O–H groups in total. The second kappa shape index (κ2) is 3.56. The third-order valence-electron chi connectivity index (χ3n) is 1.84. The predicted octanol–water partition coefficient (Wildman–Crippen LogP) is -3.13. The van der Waals surface area contributed by atoms with Crippen LogP contribution in [0.5, 0.6) is 0 Å². The average Bonchev–Trinajstić information content (AvgIpc) is 2.31. The maximum absolute atomic E-state index is 10.2. The van der Waals surface area contributed by atoms with Gasteiger partial charge >= 0.3 is 5.97 Å². The Bertz CT molecular complexity index is 205. The van der Waals surface area contributed by atoms with E-state index in [1.54, 1.807) is 0 Å². The maximum Gasteiger partial charge on any atom is 0.335 e. The summed E-state index contributed by atoms with van der Waals surface area (Å²) in [4.78, 5) is 10.2. The van der Waals surface area contributed by atoms with Gasteiger partial charge in [0.2, 0.25) is 0 Å². The molecule has 5 atom stereocenters. The highest BCUT2D eigenvalue weighted by Crippen LogP contribution is 2.22. The number of carbonyl (C=O) groups is 1. The fourth-order valence-corrected chi connectivity index (χ4v) is 1.09. The summed E-state index contributed by atoms with van der Waals surface area (Å²) in [6.45, 7) is 0. The molecule has 0 unspecified atom stereocenters. The fraction of sp³-hybridized carbons (Fsp3) is 0.833. The van der Waals surface area contributed by atoms with Crippen LogP contribution in [0.3, 0.4) is 0 Å². The number of ether oxygens (including phenoxy) is 1. The topological polar surface area (TPSA) is 127 Å². The van der Waals surface area contributed by atoms with Gasteiger partial charge in [-0.25, -0.2) is 4.79 Å². The molecule has 76 valence electrons. The minimum absolute atomic E-state index is 1.51. The second-order valence-corrected chi connectivity index (χ2v) is 2.76. The van der Waals surface area contributed by atoms with Crippen molar-refractivity contribution in [3.63, 3.8) is 0 Å². The number of hydrogen-bond donors (Lipinski definition) is 5. The zero-order valence-corrected chi connectivity index (χ0v) is 6.44. The molecule has 1 aliphatic rings. The smallest absolute Gasteiger partial charge is 0.335 e. The van der Waals surface area contributed by atoms with Crippen molar-refractivity contribution in [3.05, 3.63) is 0 Å². The Balaban J connectivity index is 2.68. The lowest BCUT2D eigenvalue weighted by molar-refractivity contribution is -0.170. The van der Waals surface area contributed by atoms with Gasteiger partial charge in [0.05, 0.1) is 0 Å². The van der Waals surface area contributed by atoms with Gasteiger partial charge in [0.25, 0.3) is 0 Å². The van der Waals surface area contributed by atoms with Crippen molar-refractivity contribution in [1.82, 2.24) is 0 Å². The highest BCUT2D eigenvalue weighted by atomic mass is 16.6. The zero-order chi connectivity index (χ0) is 10.2. The van der Waals surface area contributed by atoms with Crippen LogP contribution in [0.1, 0.15) is 0 Å². The number of carboxylic acids is 1. The molecule has 0 aromatic heterocycles. The lowest BCUT2D eigenvalue weighted by Gasteiger charge is -2.16. The molecule has 0 aliphatic carbocycles. The largest absolute Gasteiger partial charge is 0.479 e. The highest BCUT2D eigenvalue weighted by Gasteiger charge is 2.47. The summed E-state index contributed by atoms with van der Waals surface area (Å²) in [5.41, 5.74) is 0.